The van der Waals surface area contributed by atoms with Gasteiger partial charge in [-0.2, -0.15) is 0 Å². The lowest BCUT2D eigenvalue weighted by Gasteiger charge is -2.40. The van der Waals surface area contributed by atoms with Gasteiger partial charge in [0.25, 0.3) is 0 Å². The molecule has 2 aliphatic heterocycles. The lowest BCUT2D eigenvalue weighted by atomic mass is 10.0. The van der Waals surface area contributed by atoms with Crippen molar-refractivity contribution in [2.45, 2.75) is 51.6 Å². The Labute approximate surface area is 204 Å². The standard InChI is InChI=1S/C26H31N5O4/c1-17-7-5-6-14-30(17)25(34)16-31-22-9-4-3-8-21(22)29-26(35)23(31)15-24(33)28-20-12-10-19(11-13-20)27-18(2)32/h3-4,8-13,17,23H,5-7,14-16H2,1-2H3,(H,27,32)(H,28,33)(H,29,35)/t17-,23-/m0/s1. The predicted molar refractivity (Wildman–Crippen MR) is 135 cm³/mol. The minimum Gasteiger partial charge on any atom is -0.348 e. The van der Waals surface area contributed by atoms with Crippen molar-refractivity contribution >= 4 is 46.4 Å². The fourth-order valence-electron chi connectivity index (χ4n) is 4.69. The molecular formula is C26H31N5O4. The molecule has 4 rings (SSSR count). The first-order valence-corrected chi connectivity index (χ1v) is 12.0. The van der Waals surface area contributed by atoms with Crippen LogP contribution in [0.5, 0.6) is 0 Å². The van der Waals surface area contributed by atoms with Crippen LogP contribution in [-0.2, 0) is 19.2 Å². The highest BCUT2D eigenvalue weighted by molar-refractivity contribution is 6.07. The van der Waals surface area contributed by atoms with Crippen LogP contribution in [0.1, 0.15) is 39.5 Å². The van der Waals surface area contributed by atoms with Gasteiger partial charge in [-0.25, -0.2) is 0 Å². The molecule has 3 N–H and O–H groups in total. The van der Waals surface area contributed by atoms with Crippen molar-refractivity contribution in [2.24, 2.45) is 0 Å². The SMILES string of the molecule is CC(=O)Nc1ccc(NC(=O)C[C@H]2C(=O)Nc3ccccc3N2CC(=O)N2CCCC[C@@H]2C)cc1. The van der Waals surface area contributed by atoms with Crippen molar-refractivity contribution in [3.05, 3.63) is 48.5 Å². The molecule has 0 radical (unpaired) electrons. The molecule has 2 atom stereocenters. The number of piperidine rings is 1. The number of benzene rings is 2. The van der Waals surface area contributed by atoms with Crippen LogP contribution in [0.3, 0.4) is 0 Å². The first kappa shape index (κ1) is 24.3. The van der Waals surface area contributed by atoms with E-state index in [2.05, 4.69) is 22.9 Å². The summed E-state index contributed by atoms with van der Waals surface area (Å²) in [4.78, 5) is 54.0. The number of likely N-dealkylation sites (tertiary alicyclic amines) is 1. The van der Waals surface area contributed by atoms with E-state index in [4.69, 9.17) is 0 Å². The van der Waals surface area contributed by atoms with Gasteiger partial charge in [-0.05, 0) is 62.6 Å². The lowest BCUT2D eigenvalue weighted by molar-refractivity contribution is -0.133. The molecule has 0 bridgehead atoms. The van der Waals surface area contributed by atoms with Crippen molar-refractivity contribution < 1.29 is 19.2 Å². The zero-order chi connectivity index (χ0) is 24.9. The number of para-hydroxylation sites is 2. The van der Waals surface area contributed by atoms with Gasteiger partial charge in [0.2, 0.25) is 23.6 Å². The molecule has 2 aromatic rings. The number of fused-ring (bicyclic) bond motifs is 1. The Balaban J connectivity index is 1.50. The van der Waals surface area contributed by atoms with Crippen LogP contribution in [-0.4, -0.2) is 53.7 Å². The molecular weight excluding hydrogens is 446 g/mol. The minimum absolute atomic E-state index is 0.0259. The van der Waals surface area contributed by atoms with Crippen LogP contribution in [0.4, 0.5) is 22.7 Å². The molecule has 4 amide bonds. The number of anilines is 4. The van der Waals surface area contributed by atoms with Crippen LogP contribution in [0, 0.1) is 0 Å². The average molecular weight is 478 g/mol. The first-order valence-electron chi connectivity index (χ1n) is 12.0. The third kappa shape index (κ3) is 5.79. The van der Waals surface area contributed by atoms with Crippen molar-refractivity contribution in [2.75, 3.05) is 33.9 Å². The van der Waals surface area contributed by atoms with Gasteiger partial charge in [-0.3, -0.25) is 19.2 Å². The summed E-state index contributed by atoms with van der Waals surface area (Å²) in [5.74, 6) is -0.889. The van der Waals surface area contributed by atoms with Gasteiger partial charge in [0.1, 0.15) is 6.04 Å². The maximum atomic E-state index is 13.2. The molecule has 35 heavy (non-hydrogen) atoms. The number of carbonyl (C=O) groups excluding carboxylic acids is 4. The summed E-state index contributed by atoms with van der Waals surface area (Å²) in [6.07, 6.45) is 2.93. The van der Waals surface area contributed by atoms with E-state index in [0.717, 1.165) is 24.9 Å². The van der Waals surface area contributed by atoms with Crippen LogP contribution < -0.4 is 20.9 Å². The number of hydrogen-bond acceptors (Lipinski definition) is 5. The Bertz CT molecular complexity index is 1120. The van der Waals surface area contributed by atoms with Gasteiger partial charge in [0, 0.05) is 30.9 Å². The molecule has 0 unspecified atom stereocenters. The van der Waals surface area contributed by atoms with Crippen molar-refractivity contribution in [3.63, 3.8) is 0 Å². The summed E-state index contributed by atoms with van der Waals surface area (Å²) < 4.78 is 0. The quantitative estimate of drug-likeness (QED) is 0.592. The summed E-state index contributed by atoms with van der Waals surface area (Å²) in [7, 11) is 0. The van der Waals surface area contributed by atoms with E-state index >= 15 is 0 Å². The van der Waals surface area contributed by atoms with Crippen molar-refractivity contribution in [1.29, 1.82) is 0 Å². The van der Waals surface area contributed by atoms with Crippen LogP contribution in [0.2, 0.25) is 0 Å². The second-order valence-corrected chi connectivity index (χ2v) is 9.09. The molecule has 184 valence electrons. The molecule has 2 heterocycles. The Morgan fingerprint density at radius 2 is 1.69 bits per heavy atom. The summed E-state index contributed by atoms with van der Waals surface area (Å²) in [6.45, 7) is 4.21. The molecule has 0 spiro atoms. The third-order valence-electron chi connectivity index (χ3n) is 6.45. The number of rotatable bonds is 6. The highest BCUT2D eigenvalue weighted by Gasteiger charge is 2.37. The Morgan fingerprint density at radius 3 is 2.37 bits per heavy atom. The summed E-state index contributed by atoms with van der Waals surface area (Å²) in [6, 6.07) is 13.4. The summed E-state index contributed by atoms with van der Waals surface area (Å²) in [5, 5.41) is 8.35. The number of nitrogens with one attached hydrogen (secondary N) is 3. The maximum Gasteiger partial charge on any atom is 0.247 e. The van der Waals surface area contributed by atoms with Crippen molar-refractivity contribution in [1.82, 2.24) is 4.90 Å². The lowest BCUT2D eigenvalue weighted by Crippen LogP contribution is -2.54. The molecule has 9 nitrogen and oxygen atoms in total. The zero-order valence-electron chi connectivity index (χ0n) is 20.0. The van der Waals surface area contributed by atoms with Crippen LogP contribution in [0.25, 0.3) is 0 Å². The molecule has 2 aromatic carbocycles. The van der Waals surface area contributed by atoms with E-state index < -0.39 is 6.04 Å². The molecule has 9 heteroatoms. The largest absolute Gasteiger partial charge is 0.348 e. The number of nitrogens with zero attached hydrogens (tertiary/aromatic N) is 2. The van der Waals surface area contributed by atoms with E-state index in [1.807, 2.05) is 23.1 Å². The van der Waals surface area contributed by atoms with Crippen LogP contribution in [0.15, 0.2) is 48.5 Å². The first-order chi connectivity index (χ1) is 16.8. The number of amides is 4. The fourth-order valence-corrected chi connectivity index (χ4v) is 4.69. The Kier molecular flexibility index (Phi) is 7.33. The molecule has 0 aliphatic carbocycles. The van der Waals surface area contributed by atoms with Gasteiger partial charge in [0.05, 0.1) is 24.3 Å². The van der Waals surface area contributed by atoms with E-state index in [-0.39, 0.29) is 42.6 Å². The third-order valence-corrected chi connectivity index (χ3v) is 6.45. The molecule has 1 saturated heterocycles. The minimum atomic E-state index is -0.826. The summed E-state index contributed by atoms with van der Waals surface area (Å²) in [5.41, 5.74) is 2.52. The van der Waals surface area contributed by atoms with Gasteiger partial charge in [0.15, 0.2) is 0 Å². The van der Waals surface area contributed by atoms with E-state index in [9.17, 15) is 19.2 Å². The topological polar surface area (TPSA) is 111 Å². The Hall–Kier alpha value is -3.88. The molecule has 0 aromatic heterocycles. The van der Waals surface area contributed by atoms with Gasteiger partial charge in [-0.15, -0.1) is 0 Å². The monoisotopic (exact) mass is 477 g/mol. The zero-order valence-corrected chi connectivity index (χ0v) is 20.0. The second-order valence-electron chi connectivity index (χ2n) is 9.09. The van der Waals surface area contributed by atoms with Gasteiger partial charge in [-0.1, -0.05) is 12.1 Å². The molecule has 2 aliphatic rings. The van der Waals surface area contributed by atoms with E-state index in [0.29, 0.717) is 23.6 Å². The smallest absolute Gasteiger partial charge is 0.247 e. The van der Waals surface area contributed by atoms with Crippen molar-refractivity contribution in [3.8, 4) is 0 Å². The van der Waals surface area contributed by atoms with E-state index in [1.165, 1.54) is 6.92 Å². The van der Waals surface area contributed by atoms with E-state index in [1.54, 1.807) is 35.2 Å². The van der Waals surface area contributed by atoms with Gasteiger partial charge < -0.3 is 25.8 Å². The highest BCUT2D eigenvalue weighted by atomic mass is 16.2. The maximum absolute atomic E-state index is 13.2. The molecule has 1 fully saturated rings. The number of hydrogen-bond donors (Lipinski definition) is 3. The second kappa shape index (κ2) is 10.6. The fraction of sp³-hybridized carbons (Fsp3) is 0.385. The Morgan fingerprint density at radius 1 is 1.00 bits per heavy atom. The molecule has 0 saturated carbocycles. The summed E-state index contributed by atoms with van der Waals surface area (Å²) >= 11 is 0. The highest BCUT2D eigenvalue weighted by Crippen LogP contribution is 2.33. The number of carbonyl (C=O) groups is 4. The average Bonchev–Trinajstić information content (AvgIpc) is 2.82. The normalized spacial score (nSPS) is 19.4. The predicted octanol–water partition coefficient (Wildman–Crippen LogP) is 3.20. The van der Waals surface area contributed by atoms with Gasteiger partial charge >= 0.3 is 0 Å². The van der Waals surface area contributed by atoms with Crippen LogP contribution >= 0.6 is 0 Å².